The van der Waals surface area contributed by atoms with Crippen molar-refractivity contribution in [1.82, 2.24) is 10.2 Å². The molecule has 1 fully saturated rings. The minimum atomic E-state index is -0.189. The molecule has 150 valence electrons. The van der Waals surface area contributed by atoms with Crippen LogP contribution in [0.3, 0.4) is 0 Å². The summed E-state index contributed by atoms with van der Waals surface area (Å²) in [5, 5.41) is 13.0. The van der Waals surface area contributed by atoms with Crippen LogP contribution in [0.5, 0.6) is 11.5 Å². The quantitative estimate of drug-likeness (QED) is 0.719. The molecule has 28 heavy (non-hydrogen) atoms. The first-order chi connectivity index (χ1) is 13.5. The maximum atomic E-state index is 12.5. The third-order valence-corrected chi connectivity index (χ3v) is 5.12. The molecule has 0 radical (unpaired) electrons. The number of hydrogen-bond acceptors (Lipinski definition) is 5. The van der Waals surface area contributed by atoms with Gasteiger partial charge in [-0.1, -0.05) is 24.3 Å². The van der Waals surface area contributed by atoms with E-state index in [1.165, 1.54) is 0 Å². The van der Waals surface area contributed by atoms with E-state index in [9.17, 15) is 9.90 Å². The van der Waals surface area contributed by atoms with Crippen LogP contribution in [0.4, 0.5) is 5.69 Å². The Labute approximate surface area is 166 Å². The molecule has 0 saturated carbocycles. The number of hydrogen-bond donors (Lipinski definition) is 2. The highest BCUT2D eigenvalue weighted by molar-refractivity contribution is 5.81. The van der Waals surface area contributed by atoms with Gasteiger partial charge in [-0.2, -0.15) is 0 Å². The van der Waals surface area contributed by atoms with E-state index in [2.05, 4.69) is 15.1 Å². The van der Waals surface area contributed by atoms with Gasteiger partial charge in [0.2, 0.25) is 5.91 Å². The summed E-state index contributed by atoms with van der Waals surface area (Å²) in [5.74, 6) is 1.14. The van der Waals surface area contributed by atoms with E-state index in [1.807, 2.05) is 56.3 Å². The first-order valence-electron chi connectivity index (χ1n) is 9.79. The fraction of sp³-hybridized carbons (Fsp3) is 0.409. The summed E-state index contributed by atoms with van der Waals surface area (Å²) in [7, 11) is 0. The Hall–Kier alpha value is -2.73. The molecular weight excluding hydrogens is 354 g/mol. The van der Waals surface area contributed by atoms with Gasteiger partial charge in [0.15, 0.2) is 0 Å². The highest BCUT2D eigenvalue weighted by atomic mass is 16.5. The van der Waals surface area contributed by atoms with Gasteiger partial charge in [-0.15, -0.1) is 0 Å². The number of carbonyl (C=O) groups is 1. The number of anilines is 1. The lowest BCUT2D eigenvalue weighted by atomic mass is 10.2. The van der Waals surface area contributed by atoms with Crippen LogP contribution in [0.1, 0.15) is 12.5 Å². The van der Waals surface area contributed by atoms with Gasteiger partial charge in [0.25, 0.3) is 0 Å². The summed E-state index contributed by atoms with van der Waals surface area (Å²) in [6.45, 7) is 8.02. The lowest BCUT2D eigenvalue weighted by Gasteiger charge is -2.38. The van der Waals surface area contributed by atoms with Gasteiger partial charge in [0, 0.05) is 26.2 Å². The molecule has 2 aromatic carbocycles. The molecule has 0 aromatic heterocycles. The smallest absolute Gasteiger partial charge is 0.237 e. The van der Waals surface area contributed by atoms with Crippen LogP contribution >= 0.6 is 0 Å². The molecule has 1 aliphatic heterocycles. The van der Waals surface area contributed by atoms with Crippen LogP contribution in [0.25, 0.3) is 0 Å². The molecule has 1 saturated heterocycles. The number of phenolic OH excluding ortho intramolecular Hbond substituents is 1. The normalized spacial score (nSPS) is 15.9. The molecule has 2 aromatic rings. The molecule has 1 atom stereocenters. The fourth-order valence-electron chi connectivity index (χ4n) is 3.44. The largest absolute Gasteiger partial charge is 0.506 e. The summed E-state index contributed by atoms with van der Waals surface area (Å²) in [5.41, 5.74) is 2.01. The van der Waals surface area contributed by atoms with Crippen molar-refractivity contribution in [2.75, 3.05) is 44.2 Å². The summed E-state index contributed by atoms with van der Waals surface area (Å²) in [6, 6.07) is 15.1. The van der Waals surface area contributed by atoms with Gasteiger partial charge >= 0.3 is 0 Å². The van der Waals surface area contributed by atoms with Crippen molar-refractivity contribution in [3.63, 3.8) is 0 Å². The van der Waals surface area contributed by atoms with E-state index in [1.54, 1.807) is 6.07 Å². The lowest BCUT2D eigenvalue weighted by molar-refractivity contribution is -0.126. The number of ether oxygens (including phenoxy) is 1. The standard InChI is InChI=1S/C22H29N3O3/c1-17-6-5-7-19(16-17)28-15-10-23-22(27)18(2)24-11-13-25(14-12-24)20-8-3-4-9-21(20)26/h3-9,16,18,26H,10-15H2,1-2H3,(H,23,27). The van der Waals surface area contributed by atoms with Crippen LogP contribution in [0.2, 0.25) is 0 Å². The number of amides is 1. The van der Waals surface area contributed by atoms with Crippen molar-refractivity contribution in [1.29, 1.82) is 0 Å². The van der Waals surface area contributed by atoms with E-state index in [0.717, 1.165) is 43.2 Å². The van der Waals surface area contributed by atoms with Crippen molar-refractivity contribution in [2.24, 2.45) is 0 Å². The van der Waals surface area contributed by atoms with Crippen LogP contribution in [-0.2, 0) is 4.79 Å². The van der Waals surface area contributed by atoms with Crippen molar-refractivity contribution in [3.05, 3.63) is 54.1 Å². The second-order valence-electron chi connectivity index (χ2n) is 7.14. The predicted octanol–water partition coefficient (Wildman–Crippen LogP) is 2.41. The number of aromatic hydroxyl groups is 1. The van der Waals surface area contributed by atoms with Gasteiger partial charge in [-0.05, 0) is 43.7 Å². The molecule has 1 unspecified atom stereocenters. The Bertz CT molecular complexity index is 788. The van der Waals surface area contributed by atoms with E-state index >= 15 is 0 Å². The molecular formula is C22H29N3O3. The molecule has 1 aliphatic rings. The number of piperazine rings is 1. The summed E-state index contributed by atoms with van der Waals surface area (Å²) in [4.78, 5) is 16.8. The highest BCUT2D eigenvalue weighted by Gasteiger charge is 2.26. The van der Waals surface area contributed by atoms with Gasteiger partial charge in [-0.25, -0.2) is 0 Å². The van der Waals surface area contributed by atoms with Crippen molar-refractivity contribution in [2.45, 2.75) is 19.9 Å². The van der Waals surface area contributed by atoms with Gasteiger partial charge in [-0.3, -0.25) is 9.69 Å². The predicted molar refractivity (Wildman–Crippen MR) is 111 cm³/mol. The van der Waals surface area contributed by atoms with E-state index in [4.69, 9.17) is 4.74 Å². The first kappa shape index (κ1) is 20.0. The monoisotopic (exact) mass is 383 g/mol. The third-order valence-electron chi connectivity index (χ3n) is 5.12. The Morgan fingerprint density at radius 1 is 1.14 bits per heavy atom. The molecule has 0 bridgehead atoms. The molecule has 6 nitrogen and oxygen atoms in total. The Morgan fingerprint density at radius 3 is 2.61 bits per heavy atom. The zero-order chi connectivity index (χ0) is 19.9. The second-order valence-corrected chi connectivity index (χ2v) is 7.14. The Morgan fingerprint density at radius 2 is 1.89 bits per heavy atom. The van der Waals surface area contributed by atoms with Crippen molar-refractivity contribution in [3.8, 4) is 11.5 Å². The Kier molecular flexibility index (Phi) is 6.76. The molecule has 1 heterocycles. The average molecular weight is 383 g/mol. The van der Waals surface area contributed by atoms with Gasteiger partial charge in [0.1, 0.15) is 18.1 Å². The maximum absolute atomic E-state index is 12.5. The third kappa shape index (κ3) is 5.16. The molecule has 3 rings (SSSR count). The van der Waals surface area contributed by atoms with Crippen molar-refractivity contribution >= 4 is 11.6 Å². The minimum Gasteiger partial charge on any atom is -0.506 e. The lowest BCUT2D eigenvalue weighted by Crippen LogP contribution is -2.54. The van der Waals surface area contributed by atoms with Crippen LogP contribution in [0.15, 0.2) is 48.5 Å². The second kappa shape index (κ2) is 9.46. The minimum absolute atomic E-state index is 0.0175. The number of rotatable bonds is 7. The zero-order valence-corrected chi connectivity index (χ0v) is 16.6. The molecule has 0 spiro atoms. The number of aryl methyl sites for hydroxylation is 1. The van der Waals surface area contributed by atoms with Crippen molar-refractivity contribution < 1.29 is 14.6 Å². The number of nitrogens with zero attached hydrogens (tertiary/aromatic N) is 2. The number of carbonyl (C=O) groups excluding carboxylic acids is 1. The van der Waals surface area contributed by atoms with E-state index < -0.39 is 0 Å². The highest BCUT2D eigenvalue weighted by Crippen LogP contribution is 2.27. The fourth-order valence-corrected chi connectivity index (χ4v) is 3.44. The molecule has 0 aliphatic carbocycles. The Balaban J connectivity index is 1.40. The number of phenols is 1. The van der Waals surface area contributed by atoms with E-state index in [-0.39, 0.29) is 11.9 Å². The zero-order valence-electron chi connectivity index (χ0n) is 16.6. The summed E-state index contributed by atoms with van der Waals surface area (Å²) in [6.07, 6.45) is 0. The van der Waals surface area contributed by atoms with Gasteiger partial charge in [0.05, 0.1) is 18.3 Å². The number of benzene rings is 2. The maximum Gasteiger partial charge on any atom is 0.237 e. The summed E-state index contributed by atoms with van der Waals surface area (Å²) < 4.78 is 5.68. The van der Waals surface area contributed by atoms with E-state index in [0.29, 0.717) is 18.9 Å². The number of para-hydroxylation sites is 2. The van der Waals surface area contributed by atoms with Crippen LogP contribution < -0.4 is 15.0 Å². The SMILES string of the molecule is Cc1cccc(OCCNC(=O)C(C)N2CCN(c3ccccc3O)CC2)c1. The molecule has 2 N–H and O–H groups in total. The molecule has 1 amide bonds. The summed E-state index contributed by atoms with van der Waals surface area (Å²) >= 11 is 0. The first-order valence-corrected chi connectivity index (χ1v) is 9.79. The van der Waals surface area contributed by atoms with Crippen LogP contribution in [-0.4, -0.2) is 61.3 Å². The average Bonchev–Trinajstić information content (AvgIpc) is 2.71. The topological polar surface area (TPSA) is 65.0 Å². The van der Waals surface area contributed by atoms with Crippen LogP contribution in [0, 0.1) is 6.92 Å². The number of nitrogens with one attached hydrogen (secondary N) is 1. The van der Waals surface area contributed by atoms with Gasteiger partial charge < -0.3 is 20.1 Å². The molecule has 6 heteroatoms.